The number of nitrogens with two attached hydrogens (primary N) is 1. The van der Waals surface area contributed by atoms with E-state index in [4.69, 9.17) is 22.1 Å². The van der Waals surface area contributed by atoms with Gasteiger partial charge in [0.2, 0.25) is 5.88 Å². The SMILES string of the molecule is CC1CCCCC1Oc1ncnc(Cl)c1N. The first-order valence-corrected chi connectivity index (χ1v) is 5.99. The maximum Gasteiger partial charge on any atom is 0.242 e. The average molecular weight is 242 g/mol. The number of hydrogen-bond acceptors (Lipinski definition) is 4. The zero-order chi connectivity index (χ0) is 11.5. The van der Waals surface area contributed by atoms with Gasteiger partial charge in [-0.15, -0.1) is 0 Å². The Bertz CT molecular complexity index is 372. The summed E-state index contributed by atoms with van der Waals surface area (Å²) in [5.41, 5.74) is 6.10. The third-order valence-corrected chi connectivity index (χ3v) is 3.40. The summed E-state index contributed by atoms with van der Waals surface area (Å²) < 4.78 is 5.82. The minimum Gasteiger partial charge on any atom is -0.472 e. The van der Waals surface area contributed by atoms with Crippen molar-refractivity contribution in [2.24, 2.45) is 5.92 Å². The monoisotopic (exact) mass is 241 g/mol. The zero-order valence-corrected chi connectivity index (χ0v) is 10.1. The topological polar surface area (TPSA) is 61.0 Å². The lowest BCUT2D eigenvalue weighted by Crippen LogP contribution is -2.29. The fraction of sp³-hybridized carbons (Fsp3) is 0.636. The minimum atomic E-state index is 0.196. The molecular weight excluding hydrogens is 226 g/mol. The molecule has 2 rings (SSSR count). The molecule has 0 spiro atoms. The lowest BCUT2D eigenvalue weighted by atomic mass is 9.88. The van der Waals surface area contributed by atoms with Crippen LogP contribution in [0.25, 0.3) is 0 Å². The number of ether oxygens (including phenoxy) is 1. The smallest absolute Gasteiger partial charge is 0.242 e. The normalized spacial score (nSPS) is 25.4. The maximum atomic E-state index is 5.82. The van der Waals surface area contributed by atoms with E-state index in [0.717, 1.165) is 6.42 Å². The molecule has 4 nitrogen and oxygen atoms in total. The predicted molar refractivity (Wildman–Crippen MR) is 63.5 cm³/mol. The van der Waals surface area contributed by atoms with Gasteiger partial charge in [-0.3, -0.25) is 0 Å². The van der Waals surface area contributed by atoms with Crippen molar-refractivity contribution in [3.8, 4) is 5.88 Å². The van der Waals surface area contributed by atoms with Gasteiger partial charge < -0.3 is 10.5 Å². The summed E-state index contributed by atoms with van der Waals surface area (Å²) in [5, 5.41) is 0.258. The number of rotatable bonds is 2. The molecule has 0 amide bonds. The van der Waals surface area contributed by atoms with Gasteiger partial charge in [-0.25, -0.2) is 4.98 Å². The molecule has 2 unspecified atom stereocenters. The highest BCUT2D eigenvalue weighted by molar-refractivity contribution is 6.32. The Labute approximate surface area is 100 Å². The molecule has 0 radical (unpaired) electrons. The largest absolute Gasteiger partial charge is 0.472 e. The molecule has 16 heavy (non-hydrogen) atoms. The second-order valence-corrected chi connectivity index (χ2v) is 4.66. The quantitative estimate of drug-likeness (QED) is 0.809. The summed E-state index contributed by atoms with van der Waals surface area (Å²) in [4.78, 5) is 7.83. The molecule has 0 aromatic carbocycles. The number of aromatic nitrogens is 2. The summed E-state index contributed by atoms with van der Waals surface area (Å²) in [6.07, 6.45) is 6.31. The van der Waals surface area contributed by atoms with Crippen LogP contribution in [-0.4, -0.2) is 16.1 Å². The number of nitrogen functional groups attached to an aromatic ring is 1. The van der Waals surface area contributed by atoms with Gasteiger partial charge in [0.15, 0.2) is 5.15 Å². The Morgan fingerprint density at radius 1 is 1.38 bits per heavy atom. The molecule has 1 heterocycles. The highest BCUT2D eigenvalue weighted by Gasteiger charge is 2.24. The van der Waals surface area contributed by atoms with Crippen LogP contribution in [0.2, 0.25) is 5.15 Å². The van der Waals surface area contributed by atoms with Crippen LogP contribution in [0.1, 0.15) is 32.6 Å². The molecule has 1 aliphatic rings. The van der Waals surface area contributed by atoms with Crippen LogP contribution in [0.5, 0.6) is 5.88 Å². The van der Waals surface area contributed by atoms with Crippen LogP contribution < -0.4 is 10.5 Å². The second kappa shape index (κ2) is 4.87. The predicted octanol–water partition coefficient (Wildman–Crippen LogP) is 2.67. The molecule has 5 heteroatoms. The fourth-order valence-electron chi connectivity index (χ4n) is 2.05. The van der Waals surface area contributed by atoms with Gasteiger partial charge in [0.1, 0.15) is 18.1 Å². The molecular formula is C11H16ClN3O. The third-order valence-electron chi connectivity index (χ3n) is 3.09. The van der Waals surface area contributed by atoms with Gasteiger partial charge in [0, 0.05) is 0 Å². The molecule has 1 aromatic heterocycles. The van der Waals surface area contributed by atoms with E-state index in [-0.39, 0.29) is 11.3 Å². The molecule has 0 aliphatic heterocycles. The molecule has 0 bridgehead atoms. The van der Waals surface area contributed by atoms with E-state index in [1.54, 1.807) is 0 Å². The van der Waals surface area contributed by atoms with Gasteiger partial charge >= 0.3 is 0 Å². The van der Waals surface area contributed by atoms with Crippen molar-refractivity contribution in [2.45, 2.75) is 38.7 Å². The van der Waals surface area contributed by atoms with Crippen molar-refractivity contribution in [1.82, 2.24) is 9.97 Å². The van der Waals surface area contributed by atoms with E-state index in [1.165, 1.54) is 25.6 Å². The summed E-state index contributed by atoms with van der Waals surface area (Å²) in [6.45, 7) is 2.20. The lowest BCUT2D eigenvalue weighted by Gasteiger charge is -2.29. The van der Waals surface area contributed by atoms with Crippen LogP contribution in [0.4, 0.5) is 5.69 Å². The second-order valence-electron chi connectivity index (χ2n) is 4.30. The number of nitrogens with zero attached hydrogens (tertiary/aromatic N) is 2. The Kier molecular flexibility index (Phi) is 3.49. The first kappa shape index (κ1) is 11.5. The highest BCUT2D eigenvalue weighted by Crippen LogP contribution is 2.31. The van der Waals surface area contributed by atoms with Crippen LogP contribution in [0.15, 0.2) is 6.33 Å². The van der Waals surface area contributed by atoms with Crippen molar-refractivity contribution in [1.29, 1.82) is 0 Å². The van der Waals surface area contributed by atoms with Gasteiger partial charge in [-0.2, -0.15) is 4.98 Å². The molecule has 1 aromatic rings. The molecule has 2 atom stereocenters. The van der Waals surface area contributed by atoms with Crippen molar-refractivity contribution >= 4 is 17.3 Å². The molecule has 1 saturated carbocycles. The van der Waals surface area contributed by atoms with E-state index in [2.05, 4.69) is 16.9 Å². The minimum absolute atomic E-state index is 0.196. The third kappa shape index (κ3) is 2.38. The van der Waals surface area contributed by atoms with Gasteiger partial charge in [-0.1, -0.05) is 24.9 Å². The first-order chi connectivity index (χ1) is 7.68. The zero-order valence-electron chi connectivity index (χ0n) is 9.32. The average Bonchev–Trinajstić information content (AvgIpc) is 2.28. The van der Waals surface area contributed by atoms with Gasteiger partial charge in [0.05, 0.1) is 0 Å². The van der Waals surface area contributed by atoms with Crippen molar-refractivity contribution in [3.63, 3.8) is 0 Å². The standard InChI is InChI=1S/C11H16ClN3O/c1-7-4-2-3-5-8(7)16-11-9(13)10(12)14-6-15-11/h6-8H,2-5,13H2,1H3. The number of anilines is 1. The Hall–Kier alpha value is -1.03. The van der Waals surface area contributed by atoms with Crippen LogP contribution in [0, 0.1) is 5.92 Å². The highest BCUT2D eigenvalue weighted by atomic mass is 35.5. The van der Waals surface area contributed by atoms with Crippen molar-refractivity contribution in [3.05, 3.63) is 11.5 Å². The Morgan fingerprint density at radius 3 is 2.88 bits per heavy atom. The number of hydrogen-bond donors (Lipinski definition) is 1. The van der Waals surface area contributed by atoms with Gasteiger partial charge in [-0.05, 0) is 25.2 Å². The maximum absolute atomic E-state index is 5.82. The lowest BCUT2D eigenvalue weighted by molar-refractivity contribution is 0.0983. The fourth-order valence-corrected chi connectivity index (χ4v) is 2.18. The molecule has 1 aliphatic carbocycles. The van der Waals surface area contributed by atoms with Crippen LogP contribution in [-0.2, 0) is 0 Å². The van der Waals surface area contributed by atoms with Gasteiger partial charge in [0.25, 0.3) is 0 Å². The van der Waals surface area contributed by atoms with E-state index < -0.39 is 0 Å². The molecule has 2 N–H and O–H groups in total. The van der Waals surface area contributed by atoms with Crippen LogP contribution >= 0.6 is 11.6 Å². The summed E-state index contributed by atoms with van der Waals surface area (Å²) >= 11 is 5.81. The summed E-state index contributed by atoms with van der Waals surface area (Å²) in [7, 11) is 0. The Balaban J connectivity index is 2.10. The summed E-state index contributed by atoms with van der Waals surface area (Å²) in [5.74, 6) is 0.959. The van der Waals surface area contributed by atoms with E-state index in [9.17, 15) is 0 Å². The number of halogens is 1. The van der Waals surface area contributed by atoms with Crippen molar-refractivity contribution < 1.29 is 4.74 Å². The molecule has 1 fully saturated rings. The van der Waals surface area contributed by atoms with E-state index in [1.807, 2.05) is 0 Å². The summed E-state index contributed by atoms with van der Waals surface area (Å²) in [6, 6.07) is 0. The molecule has 0 saturated heterocycles. The first-order valence-electron chi connectivity index (χ1n) is 5.61. The van der Waals surface area contributed by atoms with E-state index in [0.29, 0.717) is 17.5 Å². The van der Waals surface area contributed by atoms with E-state index >= 15 is 0 Å². The van der Waals surface area contributed by atoms with Crippen molar-refractivity contribution in [2.75, 3.05) is 5.73 Å². The van der Waals surface area contributed by atoms with Crippen LogP contribution in [0.3, 0.4) is 0 Å². The molecule has 88 valence electrons. The Morgan fingerprint density at radius 2 is 2.12 bits per heavy atom.